The Hall–Kier alpha value is -1.43. The van der Waals surface area contributed by atoms with E-state index in [2.05, 4.69) is 28.9 Å². The Morgan fingerprint density at radius 2 is 2.24 bits per heavy atom. The first-order chi connectivity index (χ1) is 12.0. The van der Waals surface area contributed by atoms with Gasteiger partial charge in [0.1, 0.15) is 0 Å². The lowest BCUT2D eigenvalue weighted by atomic mass is 9.72. The first-order valence-electron chi connectivity index (χ1n) is 8.94. The van der Waals surface area contributed by atoms with Crippen LogP contribution >= 0.6 is 11.6 Å². The fraction of sp³-hybridized carbons (Fsp3) is 0.579. The highest BCUT2D eigenvalue weighted by Gasteiger charge is 2.37. The van der Waals surface area contributed by atoms with E-state index in [4.69, 9.17) is 16.1 Å². The largest absolute Gasteiger partial charge is 0.396 e. The number of hydrogen-bond acceptors (Lipinski definition) is 5. The molecule has 136 valence electrons. The van der Waals surface area contributed by atoms with Gasteiger partial charge in [-0.15, -0.1) is 0 Å². The third-order valence-corrected chi connectivity index (χ3v) is 5.66. The predicted octanol–water partition coefficient (Wildman–Crippen LogP) is 3.66. The highest BCUT2D eigenvalue weighted by Crippen LogP contribution is 2.36. The molecule has 6 heteroatoms. The molecule has 5 nitrogen and oxygen atoms in total. The SMILES string of the molecule is CC(C)C1(CO)CCCN(CCc2nc(-c3cccc(Cl)c3)no2)C1. The van der Waals surface area contributed by atoms with Crippen molar-refractivity contribution in [1.29, 1.82) is 0 Å². The van der Waals surface area contributed by atoms with Crippen LogP contribution in [-0.4, -0.2) is 46.4 Å². The lowest BCUT2D eigenvalue weighted by Gasteiger charge is -2.44. The van der Waals surface area contributed by atoms with Crippen LogP contribution in [0.25, 0.3) is 11.4 Å². The molecule has 0 radical (unpaired) electrons. The molecule has 1 aliphatic heterocycles. The molecule has 0 spiro atoms. The van der Waals surface area contributed by atoms with Gasteiger partial charge in [0.25, 0.3) is 0 Å². The maximum Gasteiger partial charge on any atom is 0.228 e. The minimum Gasteiger partial charge on any atom is -0.396 e. The maximum absolute atomic E-state index is 9.89. The molecular formula is C19H26ClN3O2. The van der Waals surface area contributed by atoms with Crippen molar-refractivity contribution >= 4 is 11.6 Å². The number of likely N-dealkylation sites (tertiary alicyclic amines) is 1. The average Bonchev–Trinajstić information content (AvgIpc) is 3.09. The van der Waals surface area contributed by atoms with Crippen LogP contribution in [-0.2, 0) is 6.42 Å². The molecule has 1 aliphatic rings. The summed E-state index contributed by atoms with van der Waals surface area (Å²) in [5.41, 5.74) is 0.874. The van der Waals surface area contributed by atoms with Crippen LogP contribution in [0.3, 0.4) is 0 Å². The van der Waals surface area contributed by atoms with Crippen molar-refractivity contribution in [1.82, 2.24) is 15.0 Å². The van der Waals surface area contributed by atoms with Crippen LogP contribution in [0.2, 0.25) is 5.02 Å². The fourth-order valence-corrected chi connectivity index (χ4v) is 3.78. The van der Waals surface area contributed by atoms with Crippen LogP contribution in [0.1, 0.15) is 32.6 Å². The number of aliphatic hydroxyl groups excluding tert-OH is 1. The summed E-state index contributed by atoms with van der Waals surface area (Å²) >= 11 is 6.02. The molecule has 1 N–H and O–H groups in total. The van der Waals surface area contributed by atoms with Crippen LogP contribution in [0, 0.1) is 11.3 Å². The van der Waals surface area contributed by atoms with Gasteiger partial charge in [-0.3, -0.25) is 0 Å². The zero-order valence-electron chi connectivity index (χ0n) is 14.9. The van der Waals surface area contributed by atoms with Gasteiger partial charge in [-0.2, -0.15) is 4.98 Å². The number of rotatable bonds is 6. The van der Waals surface area contributed by atoms with Crippen molar-refractivity contribution in [2.75, 3.05) is 26.2 Å². The monoisotopic (exact) mass is 363 g/mol. The lowest BCUT2D eigenvalue weighted by molar-refractivity contribution is -0.00299. The predicted molar refractivity (Wildman–Crippen MR) is 98.5 cm³/mol. The van der Waals surface area contributed by atoms with E-state index < -0.39 is 0 Å². The first-order valence-corrected chi connectivity index (χ1v) is 9.32. The molecule has 25 heavy (non-hydrogen) atoms. The molecule has 2 aromatic rings. The second-order valence-electron chi connectivity index (χ2n) is 7.33. The normalized spacial score (nSPS) is 21.8. The summed E-state index contributed by atoms with van der Waals surface area (Å²) in [4.78, 5) is 6.89. The van der Waals surface area contributed by atoms with Gasteiger partial charge in [0.15, 0.2) is 0 Å². The van der Waals surface area contributed by atoms with E-state index >= 15 is 0 Å². The van der Waals surface area contributed by atoms with Crippen LogP contribution in [0.4, 0.5) is 0 Å². The molecule has 2 heterocycles. The Kier molecular flexibility index (Phi) is 5.77. The van der Waals surface area contributed by atoms with E-state index in [0.29, 0.717) is 29.1 Å². The van der Waals surface area contributed by atoms with E-state index in [1.54, 1.807) is 0 Å². The summed E-state index contributed by atoms with van der Waals surface area (Å²) in [7, 11) is 0. The van der Waals surface area contributed by atoms with E-state index in [9.17, 15) is 5.11 Å². The third kappa shape index (κ3) is 4.22. The highest BCUT2D eigenvalue weighted by molar-refractivity contribution is 6.30. The summed E-state index contributed by atoms with van der Waals surface area (Å²) in [6.45, 7) is 7.51. The average molecular weight is 364 g/mol. The number of piperidine rings is 1. The Morgan fingerprint density at radius 1 is 1.40 bits per heavy atom. The van der Waals surface area contributed by atoms with Crippen molar-refractivity contribution in [2.24, 2.45) is 11.3 Å². The van der Waals surface area contributed by atoms with Crippen LogP contribution in [0.5, 0.6) is 0 Å². The molecular weight excluding hydrogens is 338 g/mol. The van der Waals surface area contributed by atoms with Gasteiger partial charge in [-0.25, -0.2) is 0 Å². The number of aliphatic hydroxyl groups is 1. The lowest BCUT2D eigenvalue weighted by Crippen LogP contribution is -2.48. The van der Waals surface area contributed by atoms with Crippen molar-refractivity contribution in [3.8, 4) is 11.4 Å². The van der Waals surface area contributed by atoms with E-state index in [0.717, 1.165) is 38.0 Å². The zero-order chi connectivity index (χ0) is 17.9. The molecule has 0 aliphatic carbocycles. The second-order valence-corrected chi connectivity index (χ2v) is 7.76. The molecule has 1 unspecified atom stereocenters. The summed E-state index contributed by atoms with van der Waals surface area (Å²) in [5.74, 6) is 1.68. The van der Waals surface area contributed by atoms with Gasteiger partial charge >= 0.3 is 0 Å². The Morgan fingerprint density at radius 3 is 2.96 bits per heavy atom. The van der Waals surface area contributed by atoms with E-state index in [1.165, 1.54) is 0 Å². The van der Waals surface area contributed by atoms with E-state index in [-0.39, 0.29) is 12.0 Å². The Balaban J connectivity index is 1.61. The number of benzene rings is 1. The second kappa shape index (κ2) is 7.85. The summed E-state index contributed by atoms with van der Waals surface area (Å²) < 4.78 is 5.40. The molecule has 0 bridgehead atoms. The summed E-state index contributed by atoms with van der Waals surface area (Å²) in [6, 6.07) is 7.45. The molecule has 1 saturated heterocycles. The quantitative estimate of drug-likeness (QED) is 0.848. The van der Waals surface area contributed by atoms with Crippen molar-refractivity contribution in [3.05, 3.63) is 35.2 Å². The summed E-state index contributed by atoms with van der Waals surface area (Å²) in [6.07, 6.45) is 2.93. The molecule has 1 aromatic heterocycles. The number of nitrogens with zero attached hydrogens (tertiary/aromatic N) is 3. The zero-order valence-corrected chi connectivity index (χ0v) is 15.7. The van der Waals surface area contributed by atoms with Gasteiger partial charge in [0, 0.05) is 35.5 Å². The maximum atomic E-state index is 9.89. The topological polar surface area (TPSA) is 62.4 Å². The number of halogens is 1. The fourth-order valence-electron chi connectivity index (χ4n) is 3.59. The smallest absolute Gasteiger partial charge is 0.228 e. The number of aromatic nitrogens is 2. The molecule has 0 saturated carbocycles. The minimum absolute atomic E-state index is 0.0129. The van der Waals surface area contributed by atoms with Crippen molar-refractivity contribution < 1.29 is 9.63 Å². The minimum atomic E-state index is 0.0129. The van der Waals surface area contributed by atoms with Crippen LogP contribution < -0.4 is 0 Å². The van der Waals surface area contributed by atoms with Gasteiger partial charge in [-0.1, -0.05) is 42.7 Å². The van der Waals surface area contributed by atoms with Crippen molar-refractivity contribution in [2.45, 2.75) is 33.1 Å². The molecule has 3 rings (SSSR count). The van der Waals surface area contributed by atoms with Crippen LogP contribution in [0.15, 0.2) is 28.8 Å². The Labute approximate surface area is 154 Å². The van der Waals surface area contributed by atoms with Gasteiger partial charge in [0.05, 0.1) is 6.61 Å². The third-order valence-electron chi connectivity index (χ3n) is 5.42. The molecule has 0 amide bonds. The molecule has 1 aromatic carbocycles. The Bertz CT molecular complexity index is 703. The van der Waals surface area contributed by atoms with Gasteiger partial charge in [0.2, 0.25) is 11.7 Å². The summed E-state index contributed by atoms with van der Waals surface area (Å²) in [5, 5.41) is 14.6. The molecule has 1 fully saturated rings. The first kappa shape index (κ1) is 18.4. The van der Waals surface area contributed by atoms with Gasteiger partial charge in [-0.05, 0) is 37.4 Å². The highest BCUT2D eigenvalue weighted by atomic mass is 35.5. The standard InChI is InChI=1S/C19H26ClN3O2/c1-14(2)19(13-24)8-4-9-23(12-19)10-7-17-21-18(22-25-17)15-5-3-6-16(20)11-15/h3,5-6,11,14,24H,4,7-10,12-13H2,1-2H3. The molecule has 1 atom stereocenters. The number of hydrogen-bond donors (Lipinski definition) is 1. The van der Waals surface area contributed by atoms with E-state index in [1.807, 2.05) is 24.3 Å². The van der Waals surface area contributed by atoms with Crippen molar-refractivity contribution in [3.63, 3.8) is 0 Å². The van der Waals surface area contributed by atoms with Gasteiger partial charge < -0.3 is 14.5 Å².